The molecule has 170 valence electrons. The van der Waals surface area contributed by atoms with Gasteiger partial charge in [0.15, 0.2) is 0 Å². The lowest BCUT2D eigenvalue weighted by molar-refractivity contribution is 0.0592. The van der Waals surface area contributed by atoms with Crippen LogP contribution in [0.25, 0.3) is 22.0 Å². The molecule has 5 rings (SSSR count). The van der Waals surface area contributed by atoms with Crippen LogP contribution in [0, 0.1) is 17.5 Å². The van der Waals surface area contributed by atoms with E-state index in [1.165, 1.54) is 30.0 Å². The number of rotatable bonds is 4. The highest BCUT2D eigenvalue weighted by molar-refractivity contribution is 7.99. The Morgan fingerprint density at radius 3 is 2.06 bits per heavy atom. The molecular weight excluding hydrogens is 461 g/mol. The predicted molar refractivity (Wildman–Crippen MR) is 124 cm³/mol. The molecule has 4 nitrogen and oxygen atoms in total. The van der Waals surface area contributed by atoms with Crippen LogP contribution in [0.15, 0.2) is 65.6 Å². The minimum absolute atomic E-state index is 0.180. The molecule has 0 N–H and O–H groups in total. The van der Waals surface area contributed by atoms with E-state index in [-0.39, 0.29) is 22.4 Å². The van der Waals surface area contributed by atoms with Crippen LogP contribution < -0.4 is 0 Å². The smallest absolute Gasteiger partial charge is 0.262 e. The van der Waals surface area contributed by atoms with Gasteiger partial charge in [-0.15, -0.1) is 11.8 Å². The van der Waals surface area contributed by atoms with Crippen LogP contribution in [0.2, 0.25) is 0 Å². The summed E-state index contributed by atoms with van der Waals surface area (Å²) >= 11 is 1.26. The number of carbonyl (C=O) groups excluding carboxylic acids is 2. The summed E-state index contributed by atoms with van der Waals surface area (Å²) < 4.78 is 42.6. The van der Waals surface area contributed by atoms with Gasteiger partial charge in [-0.2, -0.15) is 0 Å². The number of amides is 2. The summed E-state index contributed by atoms with van der Waals surface area (Å²) in [6.45, 7) is 1.64. The van der Waals surface area contributed by atoms with Gasteiger partial charge in [0, 0.05) is 21.9 Å². The Bertz CT molecular complexity index is 1450. The molecule has 34 heavy (non-hydrogen) atoms. The third-order valence-corrected chi connectivity index (χ3v) is 6.72. The van der Waals surface area contributed by atoms with Crippen molar-refractivity contribution in [2.24, 2.45) is 0 Å². The van der Waals surface area contributed by atoms with E-state index in [1.54, 1.807) is 37.4 Å². The van der Waals surface area contributed by atoms with Gasteiger partial charge in [-0.1, -0.05) is 12.1 Å². The predicted octanol–water partition coefficient (Wildman–Crippen LogP) is 6.40. The number of carbonyl (C=O) groups is 2. The molecule has 4 aromatic rings. The highest BCUT2D eigenvalue weighted by Gasteiger charge is 2.40. The number of thioether (sulfide) groups is 1. The average Bonchev–Trinajstić information content (AvgIpc) is 3.07. The van der Waals surface area contributed by atoms with Gasteiger partial charge in [0.1, 0.15) is 17.5 Å². The first kappa shape index (κ1) is 22.2. The van der Waals surface area contributed by atoms with Gasteiger partial charge in [0.25, 0.3) is 11.8 Å². The second kappa shape index (κ2) is 8.29. The van der Waals surface area contributed by atoms with Crippen molar-refractivity contribution in [1.29, 1.82) is 0 Å². The Morgan fingerprint density at radius 2 is 1.47 bits per heavy atom. The summed E-state index contributed by atoms with van der Waals surface area (Å²) in [5, 5.41) is 0.463. The van der Waals surface area contributed by atoms with Gasteiger partial charge < -0.3 is 0 Å². The topological polar surface area (TPSA) is 50.3 Å². The molecule has 3 aromatic carbocycles. The van der Waals surface area contributed by atoms with E-state index >= 15 is 0 Å². The third kappa shape index (κ3) is 3.45. The van der Waals surface area contributed by atoms with E-state index in [0.717, 1.165) is 23.1 Å². The van der Waals surface area contributed by atoms with Crippen LogP contribution in [-0.4, -0.2) is 28.0 Å². The highest BCUT2D eigenvalue weighted by atomic mass is 32.2. The number of nitrogens with zero attached hydrogens (tertiary/aromatic N) is 2. The molecule has 1 unspecified atom stereocenters. The van der Waals surface area contributed by atoms with Gasteiger partial charge in [0.05, 0.1) is 28.4 Å². The van der Waals surface area contributed by atoms with Crippen LogP contribution >= 0.6 is 11.8 Å². The Balaban J connectivity index is 1.79. The lowest BCUT2D eigenvalue weighted by atomic mass is 9.97. The Morgan fingerprint density at radius 1 is 0.853 bits per heavy atom. The van der Waals surface area contributed by atoms with E-state index in [2.05, 4.69) is 4.98 Å². The molecule has 0 saturated carbocycles. The second-order valence-electron chi connectivity index (χ2n) is 7.93. The van der Waals surface area contributed by atoms with Crippen LogP contribution in [0.5, 0.6) is 0 Å². The normalized spacial score (nSPS) is 14.1. The monoisotopic (exact) mass is 478 g/mol. The van der Waals surface area contributed by atoms with E-state index < -0.39 is 35.3 Å². The zero-order valence-corrected chi connectivity index (χ0v) is 18.9. The van der Waals surface area contributed by atoms with E-state index in [0.29, 0.717) is 21.4 Å². The van der Waals surface area contributed by atoms with Gasteiger partial charge in [-0.05, 0) is 61.2 Å². The lowest BCUT2D eigenvalue weighted by Gasteiger charge is -2.26. The van der Waals surface area contributed by atoms with Crippen LogP contribution in [0.3, 0.4) is 0 Å². The number of hydrogen-bond donors (Lipinski definition) is 0. The van der Waals surface area contributed by atoms with Gasteiger partial charge in [0.2, 0.25) is 0 Å². The zero-order valence-electron chi connectivity index (χ0n) is 18.1. The summed E-state index contributed by atoms with van der Waals surface area (Å²) in [4.78, 5) is 32.6. The van der Waals surface area contributed by atoms with Crippen LogP contribution in [0.1, 0.15) is 39.4 Å². The molecular formula is C26H17F3N2O2S. The molecule has 2 amide bonds. The molecule has 1 atom stereocenters. The lowest BCUT2D eigenvalue weighted by Crippen LogP contribution is -2.33. The molecule has 0 aliphatic carbocycles. The molecule has 1 aromatic heterocycles. The fourth-order valence-corrected chi connectivity index (χ4v) is 5.21. The summed E-state index contributed by atoms with van der Waals surface area (Å²) in [6, 6.07) is 12.8. The van der Waals surface area contributed by atoms with Crippen LogP contribution in [-0.2, 0) is 0 Å². The maximum absolute atomic E-state index is 14.2. The molecule has 8 heteroatoms. The van der Waals surface area contributed by atoms with Crippen molar-refractivity contribution in [3.63, 3.8) is 0 Å². The number of fused-ring (bicyclic) bond motifs is 2. The molecule has 0 fully saturated rings. The largest absolute Gasteiger partial charge is 0.269 e. The maximum atomic E-state index is 14.2. The zero-order chi connectivity index (χ0) is 24.1. The molecule has 0 bridgehead atoms. The second-order valence-corrected chi connectivity index (χ2v) is 8.74. The number of halogens is 3. The van der Waals surface area contributed by atoms with Crippen molar-refractivity contribution in [3.8, 4) is 11.1 Å². The van der Waals surface area contributed by atoms with Gasteiger partial charge in [-0.25, -0.2) is 18.2 Å². The van der Waals surface area contributed by atoms with Crippen LogP contribution in [0.4, 0.5) is 13.2 Å². The number of benzene rings is 3. The summed E-state index contributed by atoms with van der Waals surface area (Å²) in [6.07, 6.45) is 1.76. The first-order chi connectivity index (χ1) is 16.3. The SMILES string of the molecule is CSc1c(-c2cc(F)cc(F)c2)c(C(C)N2C(=O)c3ccccc3C2=O)nc2ccc(F)cc12. The molecule has 0 spiro atoms. The molecule has 0 radical (unpaired) electrons. The number of aromatic nitrogens is 1. The first-order valence-electron chi connectivity index (χ1n) is 10.4. The molecule has 0 saturated heterocycles. The molecule has 2 heterocycles. The molecule has 1 aliphatic rings. The highest BCUT2D eigenvalue weighted by Crippen LogP contribution is 2.43. The van der Waals surface area contributed by atoms with Crippen molar-refractivity contribution in [3.05, 3.63) is 94.9 Å². The van der Waals surface area contributed by atoms with Gasteiger partial charge in [-0.3, -0.25) is 14.5 Å². The van der Waals surface area contributed by atoms with E-state index in [4.69, 9.17) is 0 Å². The van der Waals surface area contributed by atoms with Crippen molar-refractivity contribution in [2.75, 3.05) is 6.26 Å². The van der Waals surface area contributed by atoms with Crippen molar-refractivity contribution < 1.29 is 22.8 Å². The number of imide groups is 1. The summed E-state index contributed by atoms with van der Waals surface area (Å²) in [5.74, 6) is -3.02. The Hall–Kier alpha value is -3.65. The Labute approximate surface area is 197 Å². The van der Waals surface area contributed by atoms with Gasteiger partial charge >= 0.3 is 0 Å². The van der Waals surface area contributed by atoms with E-state index in [9.17, 15) is 22.8 Å². The van der Waals surface area contributed by atoms with Crippen molar-refractivity contribution >= 4 is 34.5 Å². The van der Waals surface area contributed by atoms with Crippen molar-refractivity contribution in [2.45, 2.75) is 17.9 Å². The fourth-order valence-electron chi connectivity index (χ4n) is 4.40. The minimum Gasteiger partial charge on any atom is -0.269 e. The van der Waals surface area contributed by atoms with E-state index in [1.807, 2.05) is 0 Å². The number of pyridine rings is 1. The summed E-state index contributed by atoms with van der Waals surface area (Å²) in [5.41, 5.74) is 1.80. The third-order valence-electron chi connectivity index (χ3n) is 5.89. The summed E-state index contributed by atoms with van der Waals surface area (Å²) in [7, 11) is 0. The number of hydrogen-bond acceptors (Lipinski definition) is 4. The first-order valence-corrected chi connectivity index (χ1v) is 11.6. The fraction of sp³-hybridized carbons (Fsp3) is 0.115. The quantitative estimate of drug-likeness (QED) is 0.252. The molecule has 1 aliphatic heterocycles. The minimum atomic E-state index is -0.867. The maximum Gasteiger partial charge on any atom is 0.262 e. The Kier molecular flexibility index (Phi) is 5.40. The average molecular weight is 478 g/mol. The van der Waals surface area contributed by atoms with Crippen molar-refractivity contribution in [1.82, 2.24) is 9.88 Å². The standard InChI is InChI=1S/C26H17F3N2O2S/c1-13(31-25(32)18-5-3-4-6-19(18)26(31)33)23-22(14-9-16(28)11-17(29)10-14)24(34-2)20-12-15(27)7-8-21(20)30-23/h3-13H,1-2H3.